The van der Waals surface area contributed by atoms with Crippen molar-refractivity contribution in [3.63, 3.8) is 0 Å². The van der Waals surface area contributed by atoms with Gasteiger partial charge in [-0.05, 0) is 115 Å². The number of hydrogen-bond donors (Lipinski definition) is 0. The highest BCUT2D eigenvalue weighted by Gasteiger charge is 2.60. The van der Waals surface area contributed by atoms with Crippen molar-refractivity contribution in [1.82, 2.24) is 0 Å². The molecule has 10 aromatic rings. The summed E-state index contributed by atoms with van der Waals surface area (Å²) in [6.45, 7) is 0. The molecule has 0 unspecified atom stereocenters. The topological polar surface area (TPSA) is 0 Å². The van der Waals surface area contributed by atoms with Gasteiger partial charge in [0, 0.05) is 39.1 Å². The molecule has 0 atom stereocenters. The molecule has 13 rings (SSSR count). The maximum atomic E-state index is 2.60. The normalized spacial score (nSPS) is 14.6. The van der Waals surface area contributed by atoms with Crippen LogP contribution in [0.25, 0.3) is 43.1 Å². The van der Waals surface area contributed by atoms with E-state index in [9.17, 15) is 0 Å². The molecule has 0 fully saturated rings. The number of benzene rings is 8. The average Bonchev–Trinajstić information content (AvgIpc) is 4.01. The van der Waals surface area contributed by atoms with Gasteiger partial charge in [0.05, 0.1) is 10.8 Å². The second-order valence-electron chi connectivity index (χ2n) is 16.3. The average molecular weight is 861 g/mol. The Kier molecular flexibility index (Phi) is 8.36. The Morgan fingerprint density at radius 2 is 0.548 bits per heavy atom. The molecule has 62 heavy (non-hydrogen) atoms. The molecule has 292 valence electrons. The highest BCUT2D eigenvalue weighted by Crippen LogP contribution is 2.70. The van der Waals surface area contributed by atoms with Crippen molar-refractivity contribution in [3.8, 4) is 43.1 Å². The van der Waals surface area contributed by atoms with E-state index in [1.165, 1.54) is 106 Å². The van der Waals surface area contributed by atoms with E-state index in [2.05, 4.69) is 218 Å². The number of rotatable bonds is 4. The van der Waals surface area contributed by atoms with Gasteiger partial charge in [-0.25, -0.2) is 0 Å². The molecule has 2 aromatic heterocycles. The van der Waals surface area contributed by atoms with Crippen LogP contribution in [-0.4, -0.2) is 0 Å². The van der Waals surface area contributed by atoms with Gasteiger partial charge in [0.1, 0.15) is 0 Å². The van der Waals surface area contributed by atoms with Gasteiger partial charge < -0.3 is 0 Å². The highest BCUT2D eigenvalue weighted by atomic mass is 32.2. The summed E-state index contributed by atoms with van der Waals surface area (Å²) >= 11 is 7.83. The third-order valence-corrected chi connectivity index (χ3v) is 18.0. The van der Waals surface area contributed by atoms with Crippen molar-refractivity contribution in [2.75, 3.05) is 0 Å². The van der Waals surface area contributed by atoms with Crippen molar-refractivity contribution in [3.05, 3.63) is 262 Å². The Morgan fingerprint density at radius 1 is 0.242 bits per heavy atom. The molecule has 0 radical (unpaired) electrons. The molecular formula is C58H36S4. The summed E-state index contributed by atoms with van der Waals surface area (Å²) in [6.07, 6.45) is 0. The fraction of sp³-hybridized carbons (Fsp3) is 0.0345. The van der Waals surface area contributed by atoms with E-state index in [0.717, 1.165) is 0 Å². The Labute approximate surface area is 378 Å². The Morgan fingerprint density at radius 3 is 0.919 bits per heavy atom. The quantitative estimate of drug-likeness (QED) is 0.173. The molecular weight excluding hydrogens is 825 g/mol. The SMILES string of the molecule is c1ccc(-c2cccc(-c3cc4c(s3)C3(c5ccccc5Sc5ccccc53)c3cc(-c5cccc(-c6ccccc6)c5)sc3C43c4ccccc4Sc4ccccc43)c2)cc1. The second-order valence-corrected chi connectivity index (χ2v) is 20.6. The maximum Gasteiger partial charge on any atom is 0.0831 e. The van der Waals surface area contributed by atoms with Gasteiger partial charge in [0.2, 0.25) is 0 Å². The van der Waals surface area contributed by atoms with Crippen molar-refractivity contribution in [2.24, 2.45) is 0 Å². The standard InChI is InChI=1S/C58H36S4/c1-3-17-37(18-4-1)39-21-15-23-41(33-39)53-35-47-55(61-53)58(45-27-9-13-31-51(45)60-52-32-14-10-28-46(52)58)48-36-54(42-24-16-22-40(34-42)38-19-5-2-6-20-38)62-56(48)57(47)43-25-7-11-29-49(43)59-50-30-12-8-26-44(50)57/h1-36H. The molecule has 0 N–H and O–H groups in total. The minimum atomic E-state index is -0.561. The maximum absolute atomic E-state index is 2.60. The molecule has 3 aliphatic rings. The summed E-state index contributed by atoms with van der Waals surface area (Å²) in [5.41, 5.74) is 14.5. The van der Waals surface area contributed by atoms with Gasteiger partial charge in [-0.15, -0.1) is 22.7 Å². The first kappa shape index (κ1) is 36.5. The lowest BCUT2D eigenvalue weighted by atomic mass is 9.55. The van der Waals surface area contributed by atoms with E-state index in [1.807, 2.05) is 46.2 Å². The summed E-state index contributed by atoms with van der Waals surface area (Å²) in [7, 11) is 0. The summed E-state index contributed by atoms with van der Waals surface area (Å²) in [4.78, 5) is 10.7. The van der Waals surface area contributed by atoms with E-state index in [1.54, 1.807) is 0 Å². The van der Waals surface area contributed by atoms with Crippen LogP contribution in [0.3, 0.4) is 0 Å². The van der Waals surface area contributed by atoms with Crippen LogP contribution < -0.4 is 0 Å². The monoisotopic (exact) mass is 860 g/mol. The van der Waals surface area contributed by atoms with Gasteiger partial charge in [-0.3, -0.25) is 0 Å². The third kappa shape index (κ3) is 5.22. The molecule has 0 saturated carbocycles. The van der Waals surface area contributed by atoms with Crippen LogP contribution in [0.1, 0.15) is 43.1 Å². The van der Waals surface area contributed by atoms with Gasteiger partial charge in [-0.2, -0.15) is 0 Å². The molecule has 0 bridgehead atoms. The highest BCUT2D eigenvalue weighted by molar-refractivity contribution is 7.99. The largest absolute Gasteiger partial charge is 0.138 e. The van der Waals surface area contributed by atoms with Crippen LogP contribution >= 0.6 is 46.2 Å². The smallest absolute Gasteiger partial charge is 0.0831 e. The zero-order valence-corrected chi connectivity index (χ0v) is 36.7. The summed E-state index contributed by atoms with van der Waals surface area (Å²) in [6, 6.07) is 82.2. The molecule has 4 heteroatoms. The van der Waals surface area contributed by atoms with Gasteiger partial charge in [0.25, 0.3) is 0 Å². The molecule has 1 aliphatic carbocycles. The molecule has 0 nitrogen and oxygen atoms in total. The molecule has 2 aliphatic heterocycles. The van der Waals surface area contributed by atoms with E-state index < -0.39 is 10.8 Å². The Hall–Kier alpha value is -6.14. The van der Waals surface area contributed by atoms with Crippen LogP contribution in [0.5, 0.6) is 0 Å². The van der Waals surface area contributed by atoms with Crippen molar-refractivity contribution >= 4 is 46.2 Å². The van der Waals surface area contributed by atoms with E-state index in [0.29, 0.717) is 0 Å². The first-order chi connectivity index (χ1) is 30.7. The number of hydrogen-bond acceptors (Lipinski definition) is 4. The van der Waals surface area contributed by atoms with Crippen molar-refractivity contribution in [1.29, 1.82) is 0 Å². The molecule has 0 amide bonds. The van der Waals surface area contributed by atoms with Crippen LogP contribution in [0.2, 0.25) is 0 Å². The van der Waals surface area contributed by atoms with E-state index >= 15 is 0 Å². The lowest BCUT2D eigenvalue weighted by Crippen LogP contribution is -2.45. The minimum Gasteiger partial charge on any atom is -0.138 e. The first-order valence-electron chi connectivity index (χ1n) is 21.1. The van der Waals surface area contributed by atoms with Gasteiger partial charge >= 0.3 is 0 Å². The second kappa shape index (κ2) is 14.2. The predicted octanol–water partition coefficient (Wildman–Crippen LogP) is 16.5. The lowest BCUT2D eigenvalue weighted by Gasteiger charge is -2.51. The van der Waals surface area contributed by atoms with Crippen LogP contribution in [0.4, 0.5) is 0 Å². The minimum absolute atomic E-state index is 0.561. The van der Waals surface area contributed by atoms with Gasteiger partial charge in [0.15, 0.2) is 0 Å². The Bertz CT molecular complexity index is 3010. The molecule has 0 saturated heterocycles. The van der Waals surface area contributed by atoms with Crippen LogP contribution in [0, 0.1) is 0 Å². The number of fused-ring (bicyclic) bond motifs is 14. The predicted molar refractivity (Wildman–Crippen MR) is 262 cm³/mol. The number of thiophene rings is 2. The van der Waals surface area contributed by atoms with E-state index in [-0.39, 0.29) is 0 Å². The summed E-state index contributed by atoms with van der Waals surface area (Å²) in [5.74, 6) is 0. The molecule has 2 spiro atoms. The zero-order valence-electron chi connectivity index (χ0n) is 33.4. The molecule has 8 aromatic carbocycles. The summed E-state index contributed by atoms with van der Waals surface area (Å²) < 4.78 is 0. The van der Waals surface area contributed by atoms with Gasteiger partial charge in [-0.1, -0.05) is 193 Å². The fourth-order valence-corrected chi connectivity index (χ4v) is 15.7. The lowest BCUT2D eigenvalue weighted by molar-refractivity contribution is 0.609. The Balaban J connectivity index is 1.18. The van der Waals surface area contributed by atoms with Crippen molar-refractivity contribution in [2.45, 2.75) is 30.4 Å². The van der Waals surface area contributed by atoms with Crippen molar-refractivity contribution < 1.29 is 0 Å². The first-order valence-corrected chi connectivity index (χ1v) is 24.3. The van der Waals surface area contributed by atoms with Crippen LogP contribution in [-0.2, 0) is 10.8 Å². The molecule has 4 heterocycles. The van der Waals surface area contributed by atoms with E-state index in [4.69, 9.17) is 0 Å². The zero-order chi connectivity index (χ0) is 40.8. The fourth-order valence-electron chi connectivity index (χ4n) is 10.4. The van der Waals surface area contributed by atoms with Crippen LogP contribution in [0.15, 0.2) is 238 Å². The summed E-state index contributed by atoms with van der Waals surface area (Å²) in [5, 5.41) is 0. The third-order valence-electron chi connectivity index (χ3n) is 13.1.